The highest BCUT2D eigenvalue weighted by molar-refractivity contribution is 5.94. The molecule has 0 atom stereocenters. The summed E-state index contributed by atoms with van der Waals surface area (Å²) in [5.74, 6) is 0.827. The van der Waals surface area contributed by atoms with Crippen molar-refractivity contribution in [3.8, 4) is 17.3 Å². The van der Waals surface area contributed by atoms with Crippen molar-refractivity contribution in [1.82, 2.24) is 25.3 Å². The van der Waals surface area contributed by atoms with Gasteiger partial charge in [-0.15, -0.1) is 10.2 Å². The highest BCUT2D eigenvalue weighted by atomic mass is 16.4. The number of nitrogens with zero attached hydrogens (tertiary/aromatic N) is 4. The van der Waals surface area contributed by atoms with Gasteiger partial charge in [0, 0.05) is 24.4 Å². The normalized spacial score (nSPS) is 11.6. The molecule has 0 aliphatic rings. The summed E-state index contributed by atoms with van der Waals surface area (Å²) in [7, 11) is 0. The van der Waals surface area contributed by atoms with Gasteiger partial charge in [0.05, 0.1) is 11.4 Å². The molecule has 0 unspecified atom stereocenters. The van der Waals surface area contributed by atoms with E-state index in [9.17, 15) is 4.79 Å². The number of benzene rings is 1. The lowest BCUT2D eigenvalue weighted by atomic mass is 9.91. The van der Waals surface area contributed by atoms with E-state index in [2.05, 4.69) is 41.4 Å². The van der Waals surface area contributed by atoms with Gasteiger partial charge < -0.3 is 9.73 Å². The van der Waals surface area contributed by atoms with Crippen LogP contribution in [0, 0.1) is 6.92 Å². The van der Waals surface area contributed by atoms with E-state index in [-0.39, 0.29) is 11.3 Å². The monoisotopic (exact) mass is 367 g/mol. The van der Waals surface area contributed by atoms with Crippen molar-refractivity contribution in [3.63, 3.8) is 0 Å². The Morgan fingerprint density at radius 2 is 1.89 bits per heavy atom. The molecule has 2 aromatic heterocycles. The fourth-order valence-corrected chi connectivity index (χ4v) is 2.71. The van der Waals surface area contributed by atoms with Crippen molar-refractivity contribution in [2.75, 3.05) is 6.54 Å². The van der Waals surface area contributed by atoms with Crippen LogP contribution in [0.25, 0.3) is 17.3 Å². The van der Waals surface area contributed by atoms with E-state index in [1.807, 2.05) is 41.9 Å². The first kappa shape index (κ1) is 18.8. The Morgan fingerprint density at radius 3 is 2.44 bits per heavy atom. The first-order valence-electron chi connectivity index (χ1n) is 9.09. The maximum absolute atomic E-state index is 12.1. The van der Waals surface area contributed by atoms with E-state index in [0.29, 0.717) is 29.6 Å². The van der Waals surface area contributed by atoms with E-state index >= 15 is 0 Å². The molecule has 0 aliphatic carbocycles. The second kappa shape index (κ2) is 7.34. The summed E-state index contributed by atoms with van der Waals surface area (Å²) in [6.07, 6.45) is 0.907. The number of aryl methyl sites for hydroxylation is 1. The Labute approximate surface area is 158 Å². The van der Waals surface area contributed by atoms with Crippen molar-refractivity contribution >= 4 is 5.91 Å². The molecular formula is C20H25N5O2. The number of rotatable bonds is 5. The maximum Gasteiger partial charge on any atom is 0.268 e. The molecule has 142 valence electrons. The Bertz CT molecular complexity index is 932. The fourth-order valence-electron chi connectivity index (χ4n) is 2.71. The van der Waals surface area contributed by atoms with Crippen LogP contribution in [0.3, 0.4) is 0 Å². The van der Waals surface area contributed by atoms with Crippen LogP contribution < -0.4 is 5.32 Å². The fraction of sp³-hybridized carbons (Fsp3) is 0.400. The third-order valence-electron chi connectivity index (χ3n) is 4.13. The SMILES string of the molecule is CCCNC(=O)c1ccc(-n2nc(-c3nnc(C)o3)cc2C(C)(C)C)cc1. The summed E-state index contributed by atoms with van der Waals surface area (Å²) in [5, 5.41) is 15.5. The van der Waals surface area contributed by atoms with Gasteiger partial charge in [0.2, 0.25) is 5.89 Å². The zero-order valence-electron chi connectivity index (χ0n) is 16.4. The van der Waals surface area contributed by atoms with Gasteiger partial charge in [0.25, 0.3) is 11.8 Å². The molecule has 0 spiro atoms. The molecule has 3 aromatic rings. The van der Waals surface area contributed by atoms with E-state index in [1.54, 1.807) is 6.92 Å². The van der Waals surface area contributed by atoms with Crippen LogP contribution >= 0.6 is 0 Å². The summed E-state index contributed by atoms with van der Waals surface area (Å²) in [6, 6.07) is 9.38. The zero-order valence-corrected chi connectivity index (χ0v) is 16.4. The highest BCUT2D eigenvalue weighted by Crippen LogP contribution is 2.29. The van der Waals surface area contributed by atoms with Crippen LogP contribution in [-0.2, 0) is 5.41 Å². The molecule has 2 heterocycles. The molecule has 3 rings (SSSR count). The Hall–Kier alpha value is -2.96. The number of hydrogen-bond acceptors (Lipinski definition) is 5. The van der Waals surface area contributed by atoms with Gasteiger partial charge >= 0.3 is 0 Å². The van der Waals surface area contributed by atoms with Crippen LogP contribution in [0.15, 0.2) is 34.7 Å². The molecule has 1 amide bonds. The molecule has 7 nitrogen and oxygen atoms in total. The largest absolute Gasteiger partial charge is 0.420 e. The van der Waals surface area contributed by atoms with Crippen molar-refractivity contribution in [1.29, 1.82) is 0 Å². The molecule has 0 saturated carbocycles. The molecular weight excluding hydrogens is 342 g/mol. The minimum Gasteiger partial charge on any atom is -0.420 e. The average Bonchev–Trinajstić information content (AvgIpc) is 3.26. The van der Waals surface area contributed by atoms with Crippen molar-refractivity contribution in [2.24, 2.45) is 0 Å². The molecule has 1 N–H and O–H groups in total. The van der Waals surface area contributed by atoms with Gasteiger partial charge in [0.15, 0.2) is 0 Å². The van der Waals surface area contributed by atoms with Crippen molar-refractivity contribution in [2.45, 2.75) is 46.5 Å². The first-order chi connectivity index (χ1) is 12.8. The Balaban J connectivity index is 1.97. The average molecular weight is 367 g/mol. The molecule has 0 fully saturated rings. The molecule has 27 heavy (non-hydrogen) atoms. The van der Waals surface area contributed by atoms with Crippen LogP contribution in [0.5, 0.6) is 0 Å². The number of aromatic nitrogens is 4. The van der Waals surface area contributed by atoms with Crippen molar-refractivity contribution in [3.05, 3.63) is 47.5 Å². The second-order valence-corrected chi connectivity index (χ2v) is 7.51. The van der Waals surface area contributed by atoms with Crippen LogP contribution in [0.1, 0.15) is 56.1 Å². The Kier molecular flexibility index (Phi) is 5.12. The number of nitrogens with one attached hydrogen (secondary N) is 1. The Morgan fingerprint density at radius 1 is 1.19 bits per heavy atom. The lowest BCUT2D eigenvalue weighted by Gasteiger charge is -2.20. The molecule has 0 aliphatic heterocycles. The highest BCUT2D eigenvalue weighted by Gasteiger charge is 2.24. The molecule has 0 bridgehead atoms. The third kappa shape index (κ3) is 4.07. The van der Waals surface area contributed by atoms with E-state index < -0.39 is 0 Å². The quantitative estimate of drug-likeness (QED) is 0.744. The first-order valence-corrected chi connectivity index (χ1v) is 9.09. The minimum atomic E-state index is -0.141. The predicted molar refractivity (Wildman–Crippen MR) is 103 cm³/mol. The predicted octanol–water partition coefficient (Wildman–Crippen LogP) is 3.67. The second-order valence-electron chi connectivity index (χ2n) is 7.51. The van der Waals surface area contributed by atoms with Gasteiger partial charge in [0.1, 0.15) is 5.69 Å². The van der Waals surface area contributed by atoms with E-state index in [1.165, 1.54) is 0 Å². The maximum atomic E-state index is 12.1. The van der Waals surface area contributed by atoms with E-state index in [0.717, 1.165) is 17.8 Å². The van der Waals surface area contributed by atoms with Gasteiger partial charge in [-0.1, -0.05) is 27.7 Å². The molecule has 0 saturated heterocycles. The van der Waals surface area contributed by atoms with Crippen LogP contribution in [0.4, 0.5) is 0 Å². The molecule has 7 heteroatoms. The topological polar surface area (TPSA) is 85.8 Å². The summed E-state index contributed by atoms with van der Waals surface area (Å²) in [5.41, 5.74) is 3.00. The summed E-state index contributed by atoms with van der Waals surface area (Å²) >= 11 is 0. The smallest absolute Gasteiger partial charge is 0.268 e. The van der Waals surface area contributed by atoms with Gasteiger partial charge in [-0.3, -0.25) is 4.79 Å². The van der Waals surface area contributed by atoms with Crippen LogP contribution in [-0.4, -0.2) is 32.4 Å². The van der Waals surface area contributed by atoms with E-state index in [4.69, 9.17) is 4.42 Å². The lowest BCUT2D eigenvalue weighted by Crippen LogP contribution is -2.24. The number of hydrogen-bond donors (Lipinski definition) is 1. The van der Waals surface area contributed by atoms with Gasteiger partial charge in [-0.2, -0.15) is 5.10 Å². The number of carbonyl (C=O) groups is 1. The number of carbonyl (C=O) groups excluding carboxylic acids is 1. The minimum absolute atomic E-state index is 0.0677. The molecule has 0 radical (unpaired) electrons. The lowest BCUT2D eigenvalue weighted by molar-refractivity contribution is 0.0953. The molecule has 1 aromatic carbocycles. The zero-order chi connectivity index (χ0) is 19.6. The standard InChI is InChI=1S/C20H25N5O2/c1-6-11-21-18(26)14-7-9-15(10-8-14)25-17(20(3,4)5)12-16(24-25)19-23-22-13(2)27-19/h7-10,12H,6,11H2,1-5H3,(H,21,26). The van der Waals surface area contributed by atoms with Gasteiger partial charge in [-0.25, -0.2) is 4.68 Å². The summed E-state index contributed by atoms with van der Waals surface area (Å²) in [6.45, 7) is 10.8. The van der Waals surface area contributed by atoms with Crippen molar-refractivity contribution < 1.29 is 9.21 Å². The summed E-state index contributed by atoms with van der Waals surface area (Å²) in [4.78, 5) is 12.1. The third-order valence-corrected chi connectivity index (χ3v) is 4.13. The summed E-state index contributed by atoms with van der Waals surface area (Å²) < 4.78 is 7.39. The van der Waals surface area contributed by atoms with Gasteiger partial charge in [-0.05, 0) is 36.8 Å². The van der Waals surface area contributed by atoms with Crippen LogP contribution in [0.2, 0.25) is 0 Å². The number of amides is 1.